The Morgan fingerprint density at radius 3 is 2.45 bits per heavy atom. The highest BCUT2D eigenvalue weighted by Gasteiger charge is 2.09. The second kappa shape index (κ2) is 6.49. The lowest BCUT2D eigenvalue weighted by molar-refractivity contribution is 0.262. The van der Waals surface area contributed by atoms with Crippen molar-refractivity contribution < 1.29 is 4.79 Å². The van der Waals surface area contributed by atoms with Gasteiger partial charge in [0, 0.05) is 15.7 Å². The van der Waals surface area contributed by atoms with Crippen molar-refractivity contribution in [2.24, 2.45) is 5.73 Å². The molecule has 2 aromatic carbocycles. The average Bonchev–Trinajstić information content (AvgIpc) is 2.41. The molecule has 2 rings (SSSR count). The van der Waals surface area contributed by atoms with Crippen molar-refractivity contribution in [3.63, 3.8) is 0 Å². The molecule has 0 fully saturated rings. The summed E-state index contributed by atoms with van der Waals surface area (Å²) in [6.07, 6.45) is 0. The SMILES string of the molecule is NC(=S)c1cc(Br)ccc1NC(=O)Nc1ccccc1. The number of hydrogen-bond acceptors (Lipinski definition) is 2. The summed E-state index contributed by atoms with van der Waals surface area (Å²) in [5.41, 5.74) is 7.53. The molecule has 0 bridgehead atoms. The minimum Gasteiger partial charge on any atom is -0.389 e. The molecule has 0 saturated carbocycles. The zero-order valence-electron chi connectivity index (χ0n) is 10.4. The highest BCUT2D eigenvalue weighted by atomic mass is 79.9. The zero-order chi connectivity index (χ0) is 14.5. The minimum atomic E-state index is -0.351. The van der Waals surface area contributed by atoms with Crippen molar-refractivity contribution in [1.29, 1.82) is 0 Å². The van der Waals surface area contributed by atoms with Gasteiger partial charge in [-0.3, -0.25) is 0 Å². The van der Waals surface area contributed by atoms with E-state index in [1.54, 1.807) is 30.3 Å². The lowest BCUT2D eigenvalue weighted by atomic mass is 10.2. The molecule has 102 valence electrons. The van der Waals surface area contributed by atoms with Gasteiger partial charge < -0.3 is 16.4 Å². The van der Waals surface area contributed by atoms with E-state index in [1.807, 2.05) is 18.2 Å². The van der Waals surface area contributed by atoms with Crippen molar-refractivity contribution in [2.75, 3.05) is 10.6 Å². The Morgan fingerprint density at radius 2 is 1.80 bits per heavy atom. The van der Waals surface area contributed by atoms with Crippen molar-refractivity contribution in [3.8, 4) is 0 Å². The van der Waals surface area contributed by atoms with Crippen LogP contribution in [0.2, 0.25) is 0 Å². The van der Waals surface area contributed by atoms with Crippen LogP contribution in [0.3, 0.4) is 0 Å². The molecule has 0 aliphatic rings. The second-order valence-corrected chi connectivity index (χ2v) is 5.35. The molecule has 0 heterocycles. The number of nitrogens with two attached hydrogens (primary N) is 1. The van der Waals surface area contributed by atoms with E-state index in [0.717, 1.165) is 4.47 Å². The molecule has 20 heavy (non-hydrogen) atoms. The maximum Gasteiger partial charge on any atom is 0.323 e. The molecule has 0 aliphatic carbocycles. The maximum absolute atomic E-state index is 11.9. The van der Waals surface area contributed by atoms with Gasteiger partial charge >= 0.3 is 6.03 Å². The Morgan fingerprint density at radius 1 is 1.10 bits per heavy atom. The molecule has 4 N–H and O–H groups in total. The van der Waals surface area contributed by atoms with E-state index < -0.39 is 0 Å². The first-order chi connectivity index (χ1) is 9.56. The van der Waals surface area contributed by atoms with Gasteiger partial charge in [0.15, 0.2) is 0 Å². The maximum atomic E-state index is 11.9. The van der Waals surface area contributed by atoms with Gasteiger partial charge in [0.25, 0.3) is 0 Å². The smallest absolute Gasteiger partial charge is 0.323 e. The molecular weight excluding hydrogens is 338 g/mol. The number of hydrogen-bond donors (Lipinski definition) is 3. The fourth-order valence-corrected chi connectivity index (χ4v) is 2.17. The third-order valence-corrected chi connectivity index (χ3v) is 3.24. The molecule has 0 aliphatic heterocycles. The van der Waals surface area contributed by atoms with E-state index in [0.29, 0.717) is 16.9 Å². The standard InChI is InChI=1S/C14H12BrN3OS/c15-9-6-7-12(11(8-9)13(16)20)18-14(19)17-10-4-2-1-3-5-10/h1-8H,(H2,16,20)(H2,17,18,19). The number of anilines is 2. The van der Waals surface area contributed by atoms with Crippen LogP contribution in [-0.4, -0.2) is 11.0 Å². The largest absolute Gasteiger partial charge is 0.389 e. The number of rotatable bonds is 3. The molecule has 2 aromatic rings. The van der Waals surface area contributed by atoms with E-state index in [4.69, 9.17) is 18.0 Å². The van der Waals surface area contributed by atoms with Crippen LogP contribution >= 0.6 is 28.1 Å². The first-order valence-electron chi connectivity index (χ1n) is 5.78. The van der Waals surface area contributed by atoms with Gasteiger partial charge in [0.1, 0.15) is 4.99 Å². The van der Waals surface area contributed by atoms with Crippen LogP contribution in [0.25, 0.3) is 0 Å². The zero-order valence-corrected chi connectivity index (χ0v) is 12.8. The van der Waals surface area contributed by atoms with Crippen LogP contribution in [-0.2, 0) is 0 Å². The lowest BCUT2D eigenvalue weighted by Crippen LogP contribution is -2.22. The van der Waals surface area contributed by atoms with Crippen LogP contribution in [0.15, 0.2) is 53.0 Å². The van der Waals surface area contributed by atoms with Crippen LogP contribution in [0.1, 0.15) is 5.56 Å². The van der Waals surface area contributed by atoms with Crippen molar-refractivity contribution in [1.82, 2.24) is 0 Å². The van der Waals surface area contributed by atoms with E-state index in [-0.39, 0.29) is 11.0 Å². The molecule has 2 amide bonds. The molecule has 0 unspecified atom stereocenters. The fourth-order valence-electron chi connectivity index (χ4n) is 1.64. The number of carbonyl (C=O) groups is 1. The van der Waals surface area contributed by atoms with Crippen molar-refractivity contribution >= 4 is 50.5 Å². The summed E-state index contributed by atoms with van der Waals surface area (Å²) in [6, 6.07) is 14.1. The Bertz CT molecular complexity index is 646. The number of para-hydroxylation sites is 1. The minimum absolute atomic E-state index is 0.223. The van der Waals surface area contributed by atoms with Crippen LogP contribution in [0.4, 0.5) is 16.2 Å². The summed E-state index contributed by atoms with van der Waals surface area (Å²) in [5, 5.41) is 5.45. The number of urea groups is 1. The first-order valence-corrected chi connectivity index (χ1v) is 6.99. The van der Waals surface area contributed by atoms with Crippen LogP contribution < -0.4 is 16.4 Å². The van der Waals surface area contributed by atoms with Crippen LogP contribution in [0, 0.1) is 0 Å². The third-order valence-electron chi connectivity index (χ3n) is 2.53. The number of nitrogens with one attached hydrogen (secondary N) is 2. The van der Waals surface area contributed by atoms with Gasteiger partial charge in [0.05, 0.1) is 5.69 Å². The van der Waals surface area contributed by atoms with Crippen molar-refractivity contribution in [3.05, 3.63) is 58.6 Å². The van der Waals surface area contributed by atoms with Gasteiger partial charge in [0.2, 0.25) is 0 Å². The summed E-state index contributed by atoms with van der Waals surface area (Å²) in [7, 11) is 0. The highest BCUT2D eigenvalue weighted by molar-refractivity contribution is 9.10. The topological polar surface area (TPSA) is 67.1 Å². The lowest BCUT2D eigenvalue weighted by Gasteiger charge is -2.11. The molecule has 0 aromatic heterocycles. The molecule has 0 spiro atoms. The Hall–Kier alpha value is -1.92. The van der Waals surface area contributed by atoms with Crippen molar-refractivity contribution in [2.45, 2.75) is 0 Å². The summed E-state index contributed by atoms with van der Waals surface area (Å²) >= 11 is 8.32. The van der Waals surface area contributed by atoms with Gasteiger partial charge in [-0.2, -0.15) is 0 Å². The van der Waals surface area contributed by atoms with Crippen LogP contribution in [0.5, 0.6) is 0 Å². The van der Waals surface area contributed by atoms with Gasteiger partial charge in [-0.25, -0.2) is 4.79 Å². The van der Waals surface area contributed by atoms with Gasteiger partial charge in [-0.05, 0) is 30.3 Å². The number of benzene rings is 2. The first kappa shape index (κ1) is 14.5. The second-order valence-electron chi connectivity index (χ2n) is 4.00. The summed E-state index contributed by atoms with van der Waals surface area (Å²) in [5.74, 6) is 0. The number of carbonyl (C=O) groups excluding carboxylic acids is 1. The normalized spacial score (nSPS) is 9.85. The third kappa shape index (κ3) is 3.79. The fraction of sp³-hybridized carbons (Fsp3) is 0. The van der Waals surface area contributed by atoms with E-state index in [1.165, 1.54) is 0 Å². The monoisotopic (exact) mass is 349 g/mol. The van der Waals surface area contributed by atoms with E-state index in [2.05, 4.69) is 26.6 Å². The van der Waals surface area contributed by atoms with E-state index >= 15 is 0 Å². The molecule has 6 heteroatoms. The quantitative estimate of drug-likeness (QED) is 0.739. The predicted molar refractivity (Wildman–Crippen MR) is 89.1 cm³/mol. The van der Waals surface area contributed by atoms with Gasteiger partial charge in [-0.1, -0.05) is 46.3 Å². The number of amides is 2. The Labute approximate surface area is 130 Å². The summed E-state index contributed by atoms with van der Waals surface area (Å²) in [6.45, 7) is 0. The van der Waals surface area contributed by atoms with E-state index in [9.17, 15) is 4.79 Å². The van der Waals surface area contributed by atoms with Gasteiger partial charge in [-0.15, -0.1) is 0 Å². The Kier molecular flexibility index (Phi) is 4.70. The molecular formula is C14H12BrN3OS. The molecule has 0 atom stereocenters. The number of thiocarbonyl (C=S) groups is 1. The summed E-state index contributed by atoms with van der Waals surface area (Å²) < 4.78 is 0.842. The molecule has 0 radical (unpaired) electrons. The Balaban J connectivity index is 2.14. The number of halogens is 1. The molecule has 0 saturated heterocycles. The highest BCUT2D eigenvalue weighted by Crippen LogP contribution is 2.21. The molecule has 4 nitrogen and oxygen atoms in total. The predicted octanol–water partition coefficient (Wildman–Crippen LogP) is 3.73. The summed E-state index contributed by atoms with van der Waals surface area (Å²) in [4.78, 5) is 12.1. The average molecular weight is 350 g/mol.